The summed E-state index contributed by atoms with van der Waals surface area (Å²) in [5.74, 6) is 0.587. The molecule has 0 spiro atoms. The molecular weight excluding hydrogens is 364 g/mol. The summed E-state index contributed by atoms with van der Waals surface area (Å²) in [5, 5.41) is 2.94. The zero-order chi connectivity index (χ0) is 21.1. The molecule has 29 heavy (non-hydrogen) atoms. The van der Waals surface area contributed by atoms with Gasteiger partial charge in [-0.05, 0) is 43.0 Å². The predicted molar refractivity (Wildman–Crippen MR) is 116 cm³/mol. The number of carbonyl (C=O) groups excluding carboxylic acids is 2. The van der Waals surface area contributed by atoms with E-state index in [-0.39, 0.29) is 11.8 Å². The number of nitrogens with zero attached hydrogens (tertiary/aromatic N) is 1. The zero-order valence-corrected chi connectivity index (χ0v) is 17.7. The molecule has 2 aromatic rings. The maximum absolute atomic E-state index is 13.1. The predicted octanol–water partition coefficient (Wildman–Crippen LogP) is 3.96. The largest absolute Gasteiger partial charge is 0.497 e. The summed E-state index contributed by atoms with van der Waals surface area (Å²) in [6.45, 7) is 4.87. The summed E-state index contributed by atoms with van der Waals surface area (Å²) in [7, 11) is 1.62. The molecular formula is C24H32N2O3. The summed E-state index contributed by atoms with van der Waals surface area (Å²) in [6, 6.07) is 17.0. The Morgan fingerprint density at radius 3 is 2.48 bits per heavy atom. The van der Waals surface area contributed by atoms with Gasteiger partial charge in [0.2, 0.25) is 11.8 Å². The third-order valence-corrected chi connectivity index (χ3v) is 4.95. The van der Waals surface area contributed by atoms with E-state index < -0.39 is 6.04 Å². The van der Waals surface area contributed by atoms with Crippen LogP contribution >= 0.6 is 0 Å². The van der Waals surface area contributed by atoms with Crippen molar-refractivity contribution in [2.24, 2.45) is 0 Å². The summed E-state index contributed by atoms with van der Waals surface area (Å²) >= 11 is 0. The molecule has 0 aliphatic heterocycles. The van der Waals surface area contributed by atoms with Gasteiger partial charge in [0.05, 0.1) is 7.11 Å². The summed E-state index contributed by atoms with van der Waals surface area (Å²) in [4.78, 5) is 27.4. The van der Waals surface area contributed by atoms with Crippen molar-refractivity contribution in [1.29, 1.82) is 0 Å². The smallest absolute Gasteiger partial charge is 0.242 e. The Labute approximate surface area is 174 Å². The molecule has 0 fully saturated rings. The Kier molecular flexibility index (Phi) is 9.22. The molecule has 2 aromatic carbocycles. The van der Waals surface area contributed by atoms with Crippen LogP contribution in [0, 0.1) is 0 Å². The number of aryl methyl sites for hydroxylation is 1. The lowest BCUT2D eigenvalue weighted by Gasteiger charge is -2.29. The fraction of sp³-hybridized carbons (Fsp3) is 0.417. The number of benzene rings is 2. The van der Waals surface area contributed by atoms with Crippen molar-refractivity contribution in [3.05, 3.63) is 65.7 Å². The van der Waals surface area contributed by atoms with E-state index in [1.54, 1.807) is 18.9 Å². The van der Waals surface area contributed by atoms with Crippen LogP contribution in [0.25, 0.3) is 0 Å². The number of unbranched alkanes of at least 4 members (excludes halogenated alkanes) is 1. The SMILES string of the molecule is CCCCNC(=O)[C@H](C)N(Cc1cccc(OC)c1)C(=O)CCc1ccccc1. The van der Waals surface area contributed by atoms with Crippen LogP contribution in [0.4, 0.5) is 0 Å². The van der Waals surface area contributed by atoms with Gasteiger partial charge < -0.3 is 15.0 Å². The first-order valence-electron chi connectivity index (χ1n) is 10.3. The first-order valence-corrected chi connectivity index (χ1v) is 10.3. The van der Waals surface area contributed by atoms with Crippen molar-refractivity contribution in [1.82, 2.24) is 10.2 Å². The van der Waals surface area contributed by atoms with E-state index >= 15 is 0 Å². The molecule has 5 nitrogen and oxygen atoms in total. The molecule has 0 heterocycles. The number of carbonyl (C=O) groups is 2. The fourth-order valence-corrected chi connectivity index (χ4v) is 3.13. The monoisotopic (exact) mass is 396 g/mol. The molecule has 156 valence electrons. The standard InChI is InChI=1S/C24H32N2O3/c1-4-5-16-25-24(28)19(2)26(18-21-12-9-13-22(17-21)29-3)23(27)15-14-20-10-7-6-8-11-20/h6-13,17,19H,4-5,14-16,18H2,1-3H3,(H,25,28)/t19-/m0/s1. The average molecular weight is 397 g/mol. The minimum Gasteiger partial charge on any atom is -0.497 e. The molecule has 0 aliphatic rings. The first kappa shape index (κ1) is 22.5. The second-order valence-corrected chi connectivity index (χ2v) is 7.18. The van der Waals surface area contributed by atoms with Crippen molar-refractivity contribution in [2.75, 3.05) is 13.7 Å². The van der Waals surface area contributed by atoms with E-state index in [1.165, 1.54) is 0 Å². The van der Waals surface area contributed by atoms with Crippen LogP contribution in [0.15, 0.2) is 54.6 Å². The van der Waals surface area contributed by atoms with Gasteiger partial charge in [0.1, 0.15) is 11.8 Å². The molecule has 2 amide bonds. The number of hydrogen-bond acceptors (Lipinski definition) is 3. The third kappa shape index (κ3) is 7.26. The van der Waals surface area contributed by atoms with Gasteiger partial charge in [0.15, 0.2) is 0 Å². The van der Waals surface area contributed by atoms with E-state index in [0.717, 1.165) is 29.7 Å². The number of hydrogen-bond donors (Lipinski definition) is 1. The molecule has 0 radical (unpaired) electrons. The molecule has 1 N–H and O–H groups in total. The van der Waals surface area contributed by atoms with Crippen LogP contribution in [-0.4, -0.2) is 36.4 Å². The molecule has 0 saturated heterocycles. The Hall–Kier alpha value is -2.82. The summed E-state index contributed by atoms with van der Waals surface area (Å²) in [5.41, 5.74) is 2.05. The number of methoxy groups -OCH3 is 1. The van der Waals surface area contributed by atoms with Crippen LogP contribution < -0.4 is 10.1 Å². The summed E-state index contributed by atoms with van der Waals surface area (Å²) in [6.07, 6.45) is 2.95. The maximum Gasteiger partial charge on any atom is 0.242 e. The van der Waals surface area contributed by atoms with E-state index in [1.807, 2.05) is 54.6 Å². The zero-order valence-electron chi connectivity index (χ0n) is 17.7. The van der Waals surface area contributed by atoms with Crippen molar-refractivity contribution in [3.8, 4) is 5.75 Å². The lowest BCUT2D eigenvalue weighted by atomic mass is 10.1. The second kappa shape index (κ2) is 11.9. The lowest BCUT2D eigenvalue weighted by molar-refractivity contribution is -0.140. The van der Waals surface area contributed by atoms with Gasteiger partial charge in [-0.25, -0.2) is 0 Å². The number of rotatable bonds is 11. The van der Waals surface area contributed by atoms with Crippen LogP contribution in [-0.2, 0) is 22.6 Å². The van der Waals surface area contributed by atoms with Crippen LogP contribution in [0.2, 0.25) is 0 Å². The highest BCUT2D eigenvalue weighted by Gasteiger charge is 2.25. The molecule has 1 atom stereocenters. The Balaban J connectivity index is 2.12. The molecule has 0 saturated carbocycles. The van der Waals surface area contributed by atoms with Crippen molar-refractivity contribution >= 4 is 11.8 Å². The van der Waals surface area contributed by atoms with Gasteiger partial charge >= 0.3 is 0 Å². The highest BCUT2D eigenvalue weighted by Crippen LogP contribution is 2.17. The van der Waals surface area contributed by atoms with Crippen LogP contribution in [0.3, 0.4) is 0 Å². The number of nitrogens with one attached hydrogen (secondary N) is 1. The van der Waals surface area contributed by atoms with E-state index in [4.69, 9.17) is 4.74 Å². The van der Waals surface area contributed by atoms with Crippen molar-refractivity contribution < 1.29 is 14.3 Å². The average Bonchev–Trinajstić information content (AvgIpc) is 2.76. The molecule has 5 heteroatoms. The van der Waals surface area contributed by atoms with Crippen molar-refractivity contribution in [3.63, 3.8) is 0 Å². The normalized spacial score (nSPS) is 11.6. The highest BCUT2D eigenvalue weighted by molar-refractivity contribution is 5.87. The van der Waals surface area contributed by atoms with Crippen molar-refractivity contribution in [2.45, 2.75) is 52.1 Å². The third-order valence-electron chi connectivity index (χ3n) is 4.95. The highest BCUT2D eigenvalue weighted by atomic mass is 16.5. The lowest BCUT2D eigenvalue weighted by Crippen LogP contribution is -2.47. The topological polar surface area (TPSA) is 58.6 Å². The fourth-order valence-electron chi connectivity index (χ4n) is 3.13. The Morgan fingerprint density at radius 1 is 1.07 bits per heavy atom. The van der Waals surface area contributed by atoms with Crippen LogP contribution in [0.5, 0.6) is 5.75 Å². The van der Waals surface area contributed by atoms with Gasteiger partial charge in [-0.1, -0.05) is 55.8 Å². The molecule has 2 rings (SSSR count). The van der Waals surface area contributed by atoms with Gasteiger partial charge in [-0.3, -0.25) is 9.59 Å². The quantitative estimate of drug-likeness (QED) is 0.585. The van der Waals surface area contributed by atoms with Gasteiger partial charge in [-0.2, -0.15) is 0 Å². The second-order valence-electron chi connectivity index (χ2n) is 7.18. The maximum atomic E-state index is 13.1. The number of ether oxygens (including phenoxy) is 1. The van der Waals surface area contributed by atoms with Gasteiger partial charge in [0.25, 0.3) is 0 Å². The first-order chi connectivity index (χ1) is 14.0. The molecule has 0 aliphatic carbocycles. The number of amides is 2. The summed E-state index contributed by atoms with van der Waals surface area (Å²) < 4.78 is 5.29. The van der Waals surface area contributed by atoms with Crippen LogP contribution in [0.1, 0.15) is 44.2 Å². The van der Waals surface area contributed by atoms with Gasteiger partial charge in [-0.15, -0.1) is 0 Å². The van der Waals surface area contributed by atoms with Gasteiger partial charge in [0, 0.05) is 19.5 Å². The Bertz CT molecular complexity index is 777. The minimum atomic E-state index is -0.540. The molecule has 0 unspecified atom stereocenters. The Morgan fingerprint density at radius 2 is 1.79 bits per heavy atom. The van der Waals surface area contributed by atoms with E-state index in [9.17, 15) is 9.59 Å². The molecule has 0 bridgehead atoms. The van der Waals surface area contributed by atoms with E-state index in [0.29, 0.717) is 25.9 Å². The minimum absolute atomic E-state index is 0.0326. The van der Waals surface area contributed by atoms with E-state index in [2.05, 4.69) is 12.2 Å². The molecule has 0 aromatic heterocycles.